The number of nitrogens with one attached hydrogen (secondary N) is 1. The minimum absolute atomic E-state index is 0.0507. The number of aliphatic hydroxyl groups is 1. The van der Waals surface area contributed by atoms with Gasteiger partial charge in [0.2, 0.25) is 5.88 Å². The number of hydrogen-bond donors (Lipinski definition) is 3. The maximum atomic E-state index is 16.1. The van der Waals surface area contributed by atoms with Crippen LogP contribution in [0.1, 0.15) is 48.9 Å². The van der Waals surface area contributed by atoms with Crippen LogP contribution < -0.4 is 30.9 Å². The summed E-state index contributed by atoms with van der Waals surface area (Å²) >= 11 is 0. The molecule has 7 rings (SSSR count). The molecule has 0 radical (unpaired) electrons. The molecule has 0 bridgehead atoms. The standard InChI is InChI=1S/C37H42FN7O4/c1-23-22-49-37-34(31-7-5-24(10-13-46)16-41-31)30(38)15-29-35(37)45(23)20-26(36(29)47)19-44(18-25-9-11-40-33(14-25)48-2)28-4-3-12-43(21-28)27-6-8-32(39)42-17-27/h5-9,11,14-15,17,20,23,28,41,46H,3-4,10,12-13,16,18-19,21-22H2,1-2H3,(H2,39,42)/t23?,28-/m0/s1. The van der Waals surface area contributed by atoms with Gasteiger partial charge in [0.1, 0.15) is 18.2 Å². The summed E-state index contributed by atoms with van der Waals surface area (Å²) in [6, 6.07) is 9.11. The van der Waals surface area contributed by atoms with E-state index in [0.29, 0.717) is 77.8 Å². The summed E-state index contributed by atoms with van der Waals surface area (Å²) in [5.41, 5.74) is 10.8. The fourth-order valence-corrected chi connectivity index (χ4v) is 7.16. The molecule has 49 heavy (non-hydrogen) atoms. The molecule has 0 saturated carbocycles. The largest absolute Gasteiger partial charge is 0.488 e. The second-order valence-corrected chi connectivity index (χ2v) is 13.0. The topological polar surface area (TPSA) is 131 Å². The molecule has 1 unspecified atom stereocenters. The minimum Gasteiger partial charge on any atom is -0.488 e. The normalized spacial score (nSPS) is 18.9. The third kappa shape index (κ3) is 6.58. The molecule has 256 valence electrons. The Morgan fingerprint density at radius 2 is 2.08 bits per heavy atom. The van der Waals surface area contributed by atoms with E-state index in [2.05, 4.69) is 29.7 Å². The van der Waals surface area contributed by atoms with Crippen molar-refractivity contribution in [2.75, 3.05) is 50.6 Å². The van der Waals surface area contributed by atoms with Crippen molar-refractivity contribution in [2.24, 2.45) is 0 Å². The van der Waals surface area contributed by atoms with Crippen LogP contribution in [0, 0.1) is 5.82 Å². The van der Waals surface area contributed by atoms with Crippen LogP contribution in [0.25, 0.3) is 16.6 Å². The van der Waals surface area contributed by atoms with Gasteiger partial charge in [-0.25, -0.2) is 14.4 Å². The SMILES string of the molecule is COc1cc(CN(Cc2cn3c4c(c(C5=CC=C(CCO)CN5)c(F)cc4c2=O)OCC3C)[C@H]2CCCN(c3ccc(N)nc3)C2)ccn1. The summed E-state index contributed by atoms with van der Waals surface area (Å²) in [5, 5.41) is 12.9. The number of nitrogens with zero attached hydrogens (tertiary/aromatic N) is 5. The predicted octanol–water partition coefficient (Wildman–Crippen LogP) is 4.40. The molecule has 4 aromatic rings. The molecule has 6 heterocycles. The number of dihydropyridines is 1. The first-order valence-electron chi connectivity index (χ1n) is 16.8. The van der Waals surface area contributed by atoms with Crippen molar-refractivity contribution in [2.45, 2.75) is 51.4 Å². The third-order valence-corrected chi connectivity index (χ3v) is 9.75. The van der Waals surface area contributed by atoms with Crippen molar-refractivity contribution < 1.29 is 19.0 Å². The number of allylic oxidation sites excluding steroid dienone is 2. The van der Waals surface area contributed by atoms with Gasteiger partial charge in [0.25, 0.3) is 0 Å². The molecule has 0 aliphatic carbocycles. The van der Waals surface area contributed by atoms with Crippen LogP contribution in [0.4, 0.5) is 15.9 Å². The zero-order valence-corrected chi connectivity index (χ0v) is 27.9. The summed E-state index contributed by atoms with van der Waals surface area (Å²) in [4.78, 5) is 27.6. The van der Waals surface area contributed by atoms with E-state index in [0.717, 1.165) is 42.8 Å². The monoisotopic (exact) mass is 667 g/mol. The summed E-state index contributed by atoms with van der Waals surface area (Å²) in [5.74, 6) is 0.862. The highest BCUT2D eigenvalue weighted by molar-refractivity contribution is 5.92. The van der Waals surface area contributed by atoms with Gasteiger partial charge in [0.05, 0.1) is 41.5 Å². The predicted molar refractivity (Wildman–Crippen MR) is 188 cm³/mol. The molecule has 1 saturated heterocycles. The van der Waals surface area contributed by atoms with Gasteiger partial charge in [0, 0.05) is 75.1 Å². The number of rotatable bonds is 10. The van der Waals surface area contributed by atoms with E-state index in [4.69, 9.17) is 15.2 Å². The quantitative estimate of drug-likeness (QED) is 0.224. The molecule has 3 aliphatic heterocycles. The second-order valence-electron chi connectivity index (χ2n) is 13.0. The molecule has 1 fully saturated rings. The zero-order chi connectivity index (χ0) is 34.1. The number of methoxy groups -OCH3 is 1. The van der Waals surface area contributed by atoms with Crippen LogP contribution in [0.2, 0.25) is 0 Å². The van der Waals surface area contributed by atoms with Crippen molar-refractivity contribution in [1.82, 2.24) is 24.8 Å². The first-order valence-corrected chi connectivity index (χ1v) is 16.8. The molecule has 12 heteroatoms. The van der Waals surface area contributed by atoms with Gasteiger partial charge < -0.3 is 35.1 Å². The fourth-order valence-electron chi connectivity index (χ4n) is 7.16. The number of pyridine rings is 3. The summed E-state index contributed by atoms with van der Waals surface area (Å²) in [6.45, 7) is 5.52. The van der Waals surface area contributed by atoms with Crippen LogP contribution in [-0.4, -0.2) is 70.5 Å². The number of aliphatic hydroxyl groups excluding tert-OH is 1. The first kappa shape index (κ1) is 32.6. The van der Waals surface area contributed by atoms with Crippen LogP contribution in [0.15, 0.2) is 71.4 Å². The number of hydrogen-bond acceptors (Lipinski definition) is 10. The Balaban J connectivity index is 1.28. The fraction of sp³-hybridized carbons (Fsp3) is 0.378. The van der Waals surface area contributed by atoms with Gasteiger partial charge >= 0.3 is 0 Å². The Labute approximate surface area is 284 Å². The number of piperidine rings is 1. The summed E-state index contributed by atoms with van der Waals surface area (Å²) in [7, 11) is 1.60. The van der Waals surface area contributed by atoms with Crippen LogP contribution in [-0.2, 0) is 13.1 Å². The maximum absolute atomic E-state index is 16.1. The zero-order valence-electron chi connectivity index (χ0n) is 27.9. The van der Waals surface area contributed by atoms with Gasteiger partial charge in [-0.05, 0) is 67.7 Å². The van der Waals surface area contributed by atoms with E-state index >= 15 is 4.39 Å². The van der Waals surface area contributed by atoms with E-state index in [1.54, 1.807) is 13.3 Å². The van der Waals surface area contributed by atoms with Crippen molar-refractivity contribution in [3.8, 4) is 11.6 Å². The Kier molecular flexibility index (Phi) is 9.24. The van der Waals surface area contributed by atoms with Crippen LogP contribution in [0.5, 0.6) is 11.6 Å². The molecule has 3 aromatic heterocycles. The molecule has 0 amide bonds. The molecule has 3 aliphatic rings. The van der Waals surface area contributed by atoms with Gasteiger partial charge in [-0.2, -0.15) is 0 Å². The number of halogens is 1. The molecule has 11 nitrogen and oxygen atoms in total. The lowest BCUT2D eigenvalue weighted by Gasteiger charge is -2.40. The van der Waals surface area contributed by atoms with Crippen molar-refractivity contribution >= 4 is 28.1 Å². The second kappa shape index (κ2) is 13.9. The Morgan fingerprint density at radius 3 is 2.84 bits per heavy atom. The number of ether oxygens (including phenoxy) is 2. The van der Waals surface area contributed by atoms with Gasteiger partial charge in [-0.1, -0.05) is 6.08 Å². The lowest BCUT2D eigenvalue weighted by Crippen LogP contribution is -2.48. The number of nitrogen functional groups attached to an aromatic ring is 1. The van der Waals surface area contributed by atoms with E-state index in [1.165, 1.54) is 6.07 Å². The molecule has 4 N–H and O–H groups in total. The van der Waals surface area contributed by atoms with Crippen molar-refractivity contribution in [3.63, 3.8) is 0 Å². The number of benzene rings is 1. The van der Waals surface area contributed by atoms with E-state index in [9.17, 15) is 9.90 Å². The van der Waals surface area contributed by atoms with Crippen LogP contribution >= 0.6 is 0 Å². The Morgan fingerprint density at radius 1 is 1.20 bits per heavy atom. The highest BCUT2D eigenvalue weighted by Crippen LogP contribution is 2.40. The van der Waals surface area contributed by atoms with Gasteiger partial charge in [-0.15, -0.1) is 0 Å². The average Bonchev–Trinajstić information content (AvgIpc) is 3.12. The minimum atomic E-state index is -0.517. The Bertz CT molecular complexity index is 1980. The lowest BCUT2D eigenvalue weighted by atomic mass is 9.98. The van der Waals surface area contributed by atoms with Crippen LogP contribution in [0.3, 0.4) is 0 Å². The van der Waals surface area contributed by atoms with Crippen molar-refractivity contribution in [3.05, 3.63) is 99.4 Å². The maximum Gasteiger partial charge on any atom is 0.213 e. The number of aromatic nitrogens is 3. The van der Waals surface area contributed by atoms with Gasteiger partial charge in [0.15, 0.2) is 11.2 Å². The van der Waals surface area contributed by atoms with E-state index in [1.807, 2.05) is 55.7 Å². The summed E-state index contributed by atoms with van der Waals surface area (Å²) in [6.07, 6.45) is 11.7. The number of anilines is 2. The van der Waals surface area contributed by atoms with E-state index < -0.39 is 5.82 Å². The summed E-state index contributed by atoms with van der Waals surface area (Å²) < 4.78 is 29.8. The lowest BCUT2D eigenvalue weighted by molar-refractivity contribution is 0.157. The first-order chi connectivity index (χ1) is 23.8. The molecular formula is C37H42FN7O4. The highest BCUT2D eigenvalue weighted by atomic mass is 19.1. The molecular weight excluding hydrogens is 625 g/mol. The molecule has 0 spiro atoms. The molecule has 2 atom stereocenters. The van der Waals surface area contributed by atoms with Crippen molar-refractivity contribution in [1.29, 1.82) is 0 Å². The smallest absolute Gasteiger partial charge is 0.213 e. The molecule has 1 aromatic carbocycles. The third-order valence-electron chi connectivity index (χ3n) is 9.75. The number of nitrogens with two attached hydrogens (primary N) is 1. The Hall–Kier alpha value is -4.94. The van der Waals surface area contributed by atoms with Gasteiger partial charge in [-0.3, -0.25) is 9.69 Å². The highest BCUT2D eigenvalue weighted by Gasteiger charge is 2.31. The average molecular weight is 668 g/mol. The van der Waals surface area contributed by atoms with E-state index in [-0.39, 0.29) is 24.1 Å².